The largest absolute Gasteiger partial charge is 0.350 e. The minimum atomic E-state index is -0.668. The minimum Gasteiger partial charge on any atom is -0.350 e. The van der Waals surface area contributed by atoms with Crippen molar-refractivity contribution in [2.45, 2.75) is 6.42 Å². The SMILES string of the molecule is NCCc1ccc(Nc2ccc([N+](=O)[O-])cc2[N+](=O)[O-])cc1. The summed E-state index contributed by atoms with van der Waals surface area (Å²) in [5, 5.41) is 24.6. The van der Waals surface area contributed by atoms with Crippen molar-refractivity contribution < 1.29 is 9.85 Å². The van der Waals surface area contributed by atoms with Gasteiger partial charge >= 0.3 is 0 Å². The predicted octanol–water partition coefficient (Wildman–Crippen LogP) is 2.75. The van der Waals surface area contributed by atoms with Gasteiger partial charge in [-0.3, -0.25) is 20.2 Å². The van der Waals surface area contributed by atoms with Gasteiger partial charge < -0.3 is 11.1 Å². The maximum absolute atomic E-state index is 11.1. The molecule has 0 fully saturated rings. The molecule has 0 aliphatic rings. The Morgan fingerprint density at radius 1 is 1.00 bits per heavy atom. The Morgan fingerprint density at radius 2 is 1.68 bits per heavy atom. The van der Waals surface area contributed by atoms with Gasteiger partial charge in [0.2, 0.25) is 0 Å². The first-order valence-corrected chi connectivity index (χ1v) is 6.50. The van der Waals surface area contributed by atoms with Gasteiger partial charge in [-0.2, -0.15) is 0 Å². The number of nitrogens with one attached hydrogen (secondary N) is 1. The minimum absolute atomic E-state index is 0.196. The average Bonchev–Trinajstić information content (AvgIpc) is 2.49. The van der Waals surface area contributed by atoms with Gasteiger partial charge in [0, 0.05) is 11.8 Å². The van der Waals surface area contributed by atoms with E-state index >= 15 is 0 Å². The van der Waals surface area contributed by atoms with E-state index in [9.17, 15) is 20.2 Å². The fourth-order valence-corrected chi connectivity index (χ4v) is 1.97. The second kappa shape index (κ2) is 6.64. The third kappa shape index (κ3) is 3.55. The van der Waals surface area contributed by atoms with Crippen LogP contribution in [0.15, 0.2) is 42.5 Å². The van der Waals surface area contributed by atoms with Crippen molar-refractivity contribution in [1.82, 2.24) is 0 Å². The normalized spacial score (nSPS) is 10.2. The van der Waals surface area contributed by atoms with Crippen LogP contribution in [0.5, 0.6) is 0 Å². The van der Waals surface area contributed by atoms with Crippen molar-refractivity contribution in [2.24, 2.45) is 5.73 Å². The number of benzene rings is 2. The topological polar surface area (TPSA) is 124 Å². The van der Waals surface area contributed by atoms with Gasteiger partial charge in [0.05, 0.1) is 15.9 Å². The quantitative estimate of drug-likeness (QED) is 0.624. The van der Waals surface area contributed by atoms with Gasteiger partial charge in [0.15, 0.2) is 0 Å². The predicted molar refractivity (Wildman–Crippen MR) is 82.2 cm³/mol. The van der Waals surface area contributed by atoms with Crippen molar-refractivity contribution in [3.05, 3.63) is 68.3 Å². The molecule has 0 saturated carbocycles. The van der Waals surface area contributed by atoms with E-state index in [-0.39, 0.29) is 17.1 Å². The molecule has 0 atom stereocenters. The lowest BCUT2D eigenvalue weighted by atomic mass is 10.1. The van der Waals surface area contributed by atoms with Crippen LogP contribution >= 0.6 is 0 Å². The summed E-state index contributed by atoms with van der Waals surface area (Å²) in [5.41, 5.74) is 6.71. The fourth-order valence-electron chi connectivity index (χ4n) is 1.97. The Labute approximate surface area is 125 Å². The Balaban J connectivity index is 2.28. The molecular formula is C14H14N4O4. The first-order valence-electron chi connectivity index (χ1n) is 6.50. The average molecular weight is 302 g/mol. The van der Waals surface area contributed by atoms with E-state index in [0.29, 0.717) is 12.2 Å². The van der Waals surface area contributed by atoms with Crippen LogP contribution in [0.4, 0.5) is 22.7 Å². The summed E-state index contributed by atoms with van der Waals surface area (Å²) in [6, 6.07) is 10.8. The first-order chi connectivity index (χ1) is 10.5. The Hall–Kier alpha value is -3.00. The maximum Gasteiger partial charge on any atom is 0.299 e. The molecule has 0 saturated heterocycles. The smallest absolute Gasteiger partial charge is 0.299 e. The summed E-state index contributed by atoms with van der Waals surface area (Å²) in [5.74, 6) is 0. The van der Waals surface area contributed by atoms with Gasteiger partial charge in [-0.05, 0) is 36.7 Å². The number of nitro groups is 2. The zero-order chi connectivity index (χ0) is 16.1. The lowest BCUT2D eigenvalue weighted by Gasteiger charge is -2.08. The molecule has 2 aromatic rings. The number of nitrogens with two attached hydrogens (primary N) is 1. The molecule has 0 radical (unpaired) electrons. The molecule has 2 rings (SSSR count). The molecule has 0 aromatic heterocycles. The second-order valence-corrected chi connectivity index (χ2v) is 4.58. The Morgan fingerprint density at radius 3 is 2.23 bits per heavy atom. The lowest BCUT2D eigenvalue weighted by molar-refractivity contribution is -0.393. The fraction of sp³-hybridized carbons (Fsp3) is 0.143. The monoisotopic (exact) mass is 302 g/mol. The summed E-state index contributed by atoms with van der Waals surface area (Å²) in [6.45, 7) is 0.542. The van der Waals surface area contributed by atoms with Crippen molar-refractivity contribution >= 4 is 22.7 Å². The molecule has 3 N–H and O–H groups in total. The zero-order valence-corrected chi connectivity index (χ0v) is 11.6. The second-order valence-electron chi connectivity index (χ2n) is 4.58. The highest BCUT2D eigenvalue weighted by Crippen LogP contribution is 2.31. The maximum atomic E-state index is 11.1. The number of nitrogens with zero attached hydrogens (tertiary/aromatic N) is 2. The van der Waals surface area contributed by atoms with Crippen LogP contribution in [0, 0.1) is 20.2 Å². The van der Waals surface area contributed by atoms with Crippen LogP contribution in [-0.2, 0) is 6.42 Å². The van der Waals surface area contributed by atoms with Crippen molar-refractivity contribution in [3.63, 3.8) is 0 Å². The molecule has 0 aliphatic heterocycles. The van der Waals surface area contributed by atoms with E-state index in [4.69, 9.17) is 5.73 Å². The van der Waals surface area contributed by atoms with Crippen molar-refractivity contribution in [3.8, 4) is 0 Å². The van der Waals surface area contributed by atoms with E-state index in [2.05, 4.69) is 5.32 Å². The number of hydrogen-bond acceptors (Lipinski definition) is 6. The summed E-state index contributed by atoms with van der Waals surface area (Å²) >= 11 is 0. The molecule has 0 amide bonds. The summed E-state index contributed by atoms with van der Waals surface area (Å²) < 4.78 is 0. The third-order valence-corrected chi connectivity index (χ3v) is 3.05. The standard InChI is InChI=1S/C14H14N4O4/c15-8-7-10-1-3-11(4-2-10)16-13-6-5-12(17(19)20)9-14(13)18(21)22/h1-6,9,16H,7-8,15H2. The van der Waals surface area contributed by atoms with Crippen LogP contribution in [0.25, 0.3) is 0 Å². The van der Waals surface area contributed by atoms with E-state index in [0.717, 1.165) is 18.1 Å². The molecule has 0 unspecified atom stereocenters. The van der Waals surface area contributed by atoms with Crippen LogP contribution in [0.3, 0.4) is 0 Å². The molecule has 114 valence electrons. The highest BCUT2D eigenvalue weighted by atomic mass is 16.6. The van der Waals surface area contributed by atoms with Gasteiger partial charge in [0.1, 0.15) is 5.69 Å². The Bertz CT molecular complexity index is 700. The molecular weight excluding hydrogens is 288 g/mol. The van der Waals surface area contributed by atoms with E-state index < -0.39 is 9.85 Å². The van der Waals surface area contributed by atoms with Gasteiger partial charge in [-0.15, -0.1) is 0 Å². The molecule has 0 spiro atoms. The lowest BCUT2D eigenvalue weighted by Crippen LogP contribution is -2.02. The molecule has 22 heavy (non-hydrogen) atoms. The van der Waals surface area contributed by atoms with E-state index in [1.54, 1.807) is 12.1 Å². The number of rotatable bonds is 6. The van der Waals surface area contributed by atoms with Crippen LogP contribution in [0.1, 0.15) is 5.56 Å². The molecule has 0 heterocycles. The third-order valence-electron chi connectivity index (χ3n) is 3.05. The molecule has 8 heteroatoms. The summed E-state index contributed by atoms with van der Waals surface area (Å²) in [6.07, 6.45) is 0.748. The van der Waals surface area contributed by atoms with Crippen LogP contribution in [-0.4, -0.2) is 16.4 Å². The Kier molecular flexibility index (Phi) is 4.64. The van der Waals surface area contributed by atoms with Gasteiger partial charge in [0.25, 0.3) is 11.4 Å². The van der Waals surface area contributed by atoms with Crippen LogP contribution < -0.4 is 11.1 Å². The van der Waals surface area contributed by atoms with E-state index in [1.807, 2.05) is 12.1 Å². The molecule has 0 aliphatic carbocycles. The van der Waals surface area contributed by atoms with Gasteiger partial charge in [-0.1, -0.05) is 12.1 Å². The summed E-state index contributed by atoms with van der Waals surface area (Å²) in [7, 11) is 0. The molecule has 8 nitrogen and oxygen atoms in total. The van der Waals surface area contributed by atoms with Crippen LogP contribution in [0.2, 0.25) is 0 Å². The molecule has 2 aromatic carbocycles. The number of nitro benzene ring substituents is 2. The number of hydrogen-bond donors (Lipinski definition) is 2. The number of non-ortho nitro benzene ring substituents is 1. The molecule has 0 bridgehead atoms. The number of anilines is 2. The summed E-state index contributed by atoms with van der Waals surface area (Å²) in [4.78, 5) is 20.4. The van der Waals surface area contributed by atoms with Crippen molar-refractivity contribution in [1.29, 1.82) is 0 Å². The highest BCUT2D eigenvalue weighted by Gasteiger charge is 2.19. The zero-order valence-electron chi connectivity index (χ0n) is 11.6. The van der Waals surface area contributed by atoms with E-state index in [1.165, 1.54) is 12.1 Å². The highest BCUT2D eigenvalue weighted by molar-refractivity contribution is 5.71. The van der Waals surface area contributed by atoms with Gasteiger partial charge in [-0.25, -0.2) is 0 Å². The van der Waals surface area contributed by atoms with Crippen molar-refractivity contribution in [2.75, 3.05) is 11.9 Å². The first kappa shape index (κ1) is 15.4.